The molecule has 4 nitrogen and oxygen atoms in total. The molecule has 2 aliphatic rings. The van der Waals surface area contributed by atoms with E-state index in [-0.39, 0.29) is 0 Å². The number of aryl methyl sites for hydroxylation is 2. The van der Waals surface area contributed by atoms with Crippen LogP contribution in [-0.4, -0.2) is 39.9 Å². The van der Waals surface area contributed by atoms with Gasteiger partial charge in [0.1, 0.15) is 0 Å². The van der Waals surface area contributed by atoms with Gasteiger partial charge in [-0.25, -0.2) is 0 Å². The van der Waals surface area contributed by atoms with E-state index in [1.54, 1.807) is 0 Å². The summed E-state index contributed by atoms with van der Waals surface area (Å²) in [5, 5.41) is 8.16. The van der Waals surface area contributed by atoms with Crippen LogP contribution in [-0.2, 0) is 20.0 Å². The molecule has 0 aromatic carbocycles. The first-order chi connectivity index (χ1) is 9.13. The van der Waals surface area contributed by atoms with Crippen LogP contribution in [0.5, 0.6) is 0 Å². The number of hydrogen-bond acceptors (Lipinski definition) is 3. The normalized spacial score (nSPS) is 28.8. The second kappa shape index (κ2) is 4.91. The van der Waals surface area contributed by atoms with Crippen molar-refractivity contribution >= 4 is 0 Å². The van der Waals surface area contributed by atoms with E-state index in [4.69, 9.17) is 0 Å². The lowest BCUT2D eigenvalue weighted by Crippen LogP contribution is -2.60. The molecule has 1 saturated carbocycles. The van der Waals surface area contributed by atoms with Gasteiger partial charge < -0.3 is 5.32 Å². The number of rotatable bonds is 4. The Morgan fingerprint density at radius 2 is 2.26 bits per heavy atom. The molecular weight excluding hydrogens is 236 g/mol. The summed E-state index contributed by atoms with van der Waals surface area (Å²) in [6.07, 6.45) is 3.83. The van der Waals surface area contributed by atoms with Crippen molar-refractivity contribution < 1.29 is 0 Å². The van der Waals surface area contributed by atoms with Crippen LogP contribution in [0.2, 0.25) is 0 Å². The van der Waals surface area contributed by atoms with Gasteiger partial charge in [0, 0.05) is 38.8 Å². The highest BCUT2D eigenvalue weighted by Crippen LogP contribution is 2.43. The van der Waals surface area contributed by atoms with E-state index >= 15 is 0 Å². The monoisotopic (exact) mass is 262 g/mol. The fraction of sp³-hybridized carbons (Fsp3) is 0.800. The van der Waals surface area contributed by atoms with Crippen molar-refractivity contribution in [2.75, 3.05) is 19.6 Å². The Balaban J connectivity index is 1.78. The molecule has 1 atom stereocenters. The Hall–Kier alpha value is -0.870. The molecule has 3 rings (SSSR count). The summed E-state index contributed by atoms with van der Waals surface area (Å²) >= 11 is 0. The maximum Gasteiger partial charge on any atom is 0.0625 e. The van der Waals surface area contributed by atoms with Crippen LogP contribution in [0.15, 0.2) is 6.07 Å². The van der Waals surface area contributed by atoms with Crippen LogP contribution in [0.4, 0.5) is 0 Å². The average Bonchev–Trinajstić information content (AvgIpc) is 3.19. The van der Waals surface area contributed by atoms with Gasteiger partial charge >= 0.3 is 0 Å². The molecule has 106 valence electrons. The van der Waals surface area contributed by atoms with Crippen molar-refractivity contribution in [1.82, 2.24) is 20.0 Å². The molecule has 1 saturated heterocycles. The van der Waals surface area contributed by atoms with Crippen molar-refractivity contribution in [3.8, 4) is 0 Å². The smallest absolute Gasteiger partial charge is 0.0625 e. The van der Waals surface area contributed by atoms with Gasteiger partial charge in [0.15, 0.2) is 0 Å². The fourth-order valence-corrected chi connectivity index (χ4v) is 3.38. The molecule has 1 aromatic heterocycles. The summed E-state index contributed by atoms with van der Waals surface area (Å²) in [6, 6.07) is 2.27. The topological polar surface area (TPSA) is 33.1 Å². The van der Waals surface area contributed by atoms with E-state index in [1.165, 1.54) is 24.2 Å². The average molecular weight is 262 g/mol. The summed E-state index contributed by atoms with van der Waals surface area (Å²) < 4.78 is 2.06. The number of piperazine rings is 1. The van der Waals surface area contributed by atoms with Crippen LogP contribution < -0.4 is 5.32 Å². The van der Waals surface area contributed by atoms with Crippen LogP contribution in [0.25, 0.3) is 0 Å². The van der Waals surface area contributed by atoms with E-state index in [0.29, 0.717) is 5.54 Å². The van der Waals surface area contributed by atoms with Crippen LogP contribution in [0.1, 0.15) is 38.1 Å². The van der Waals surface area contributed by atoms with E-state index in [9.17, 15) is 0 Å². The van der Waals surface area contributed by atoms with Crippen molar-refractivity contribution in [2.45, 2.75) is 45.2 Å². The van der Waals surface area contributed by atoms with E-state index in [1.807, 2.05) is 0 Å². The highest BCUT2D eigenvalue weighted by atomic mass is 15.3. The molecule has 0 radical (unpaired) electrons. The predicted octanol–water partition coefficient (Wildman–Crippen LogP) is 1.56. The summed E-state index contributed by atoms with van der Waals surface area (Å²) in [5.41, 5.74) is 2.90. The van der Waals surface area contributed by atoms with Gasteiger partial charge in [-0.15, -0.1) is 0 Å². The van der Waals surface area contributed by atoms with Gasteiger partial charge in [-0.1, -0.05) is 6.92 Å². The Labute approximate surface area is 116 Å². The first-order valence-corrected chi connectivity index (χ1v) is 7.61. The van der Waals surface area contributed by atoms with Gasteiger partial charge in [0.25, 0.3) is 0 Å². The summed E-state index contributed by atoms with van der Waals surface area (Å²) in [6.45, 7) is 9.05. The number of hydrogen-bond donors (Lipinski definition) is 1. The van der Waals surface area contributed by atoms with E-state index in [0.717, 1.165) is 38.5 Å². The van der Waals surface area contributed by atoms with Crippen LogP contribution in [0.3, 0.4) is 0 Å². The van der Waals surface area contributed by atoms with Crippen molar-refractivity contribution in [3.63, 3.8) is 0 Å². The van der Waals surface area contributed by atoms with E-state index < -0.39 is 0 Å². The molecule has 4 heteroatoms. The van der Waals surface area contributed by atoms with Crippen molar-refractivity contribution in [3.05, 3.63) is 17.5 Å². The minimum absolute atomic E-state index is 0.342. The van der Waals surface area contributed by atoms with Gasteiger partial charge in [0.05, 0.1) is 11.4 Å². The van der Waals surface area contributed by atoms with Gasteiger partial charge in [-0.05, 0) is 38.2 Å². The lowest BCUT2D eigenvalue weighted by atomic mass is 9.91. The number of nitrogens with zero attached hydrogens (tertiary/aromatic N) is 3. The SMILES string of the molecule is CCc1cc(CN2CCNCC2(C)C2CC2)n(C)n1. The third-order valence-corrected chi connectivity index (χ3v) is 4.96. The minimum Gasteiger partial charge on any atom is -0.314 e. The zero-order valence-electron chi connectivity index (χ0n) is 12.4. The molecule has 2 fully saturated rings. The van der Waals surface area contributed by atoms with Crippen LogP contribution in [0, 0.1) is 5.92 Å². The Morgan fingerprint density at radius 1 is 1.47 bits per heavy atom. The lowest BCUT2D eigenvalue weighted by Gasteiger charge is -2.45. The van der Waals surface area contributed by atoms with Gasteiger partial charge in [-0.2, -0.15) is 5.10 Å². The zero-order chi connectivity index (χ0) is 13.5. The highest BCUT2D eigenvalue weighted by molar-refractivity contribution is 5.12. The highest BCUT2D eigenvalue weighted by Gasteiger charge is 2.46. The molecule has 1 aromatic rings. The third kappa shape index (κ3) is 2.43. The Bertz CT molecular complexity index is 449. The molecule has 0 amide bonds. The summed E-state index contributed by atoms with van der Waals surface area (Å²) in [7, 11) is 2.07. The Morgan fingerprint density at radius 3 is 2.89 bits per heavy atom. The van der Waals surface area contributed by atoms with Gasteiger partial charge in [0.2, 0.25) is 0 Å². The molecule has 19 heavy (non-hydrogen) atoms. The van der Waals surface area contributed by atoms with Gasteiger partial charge in [-0.3, -0.25) is 9.58 Å². The minimum atomic E-state index is 0.342. The quantitative estimate of drug-likeness (QED) is 0.894. The first kappa shape index (κ1) is 13.1. The molecule has 0 bridgehead atoms. The Kier molecular flexibility index (Phi) is 3.39. The predicted molar refractivity (Wildman–Crippen MR) is 77.0 cm³/mol. The molecular formula is C15H26N4. The fourth-order valence-electron chi connectivity index (χ4n) is 3.38. The van der Waals surface area contributed by atoms with E-state index in [2.05, 4.69) is 47.0 Å². The largest absolute Gasteiger partial charge is 0.314 e. The molecule has 2 heterocycles. The zero-order valence-corrected chi connectivity index (χ0v) is 12.4. The molecule has 1 unspecified atom stereocenters. The maximum absolute atomic E-state index is 4.58. The summed E-state index contributed by atoms with van der Waals surface area (Å²) in [5.74, 6) is 0.888. The first-order valence-electron chi connectivity index (χ1n) is 7.61. The maximum atomic E-state index is 4.58. The van der Waals surface area contributed by atoms with Crippen LogP contribution >= 0.6 is 0 Å². The molecule has 1 aliphatic heterocycles. The molecule has 1 N–H and O–H groups in total. The molecule has 0 spiro atoms. The lowest BCUT2D eigenvalue weighted by molar-refractivity contribution is 0.0463. The molecule has 1 aliphatic carbocycles. The number of aromatic nitrogens is 2. The summed E-state index contributed by atoms with van der Waals surface area (Å²) in [4.78, 5) is 2.68. The van der Waals surface area contributed by atoms with Crippen molar-refractivity contribution in [1.29, 1.82) is 0 Å². The second-order valence-corrected chi connectivity index (χ2v) is 6.33. The van der Waals surface area contributed by atoms with Crippen molar-refractivity contribution in [2.24, 2.45) is 13.0 Å². The third-order valence-electron chi connectivity index (χ3n) is 4.96. The standard InChI is InChI=1S/C15H26N4/c1-4-13-9-14(18(3)17-13)10-19-8-7-16-11-15(19,2)12-5-6-12/h9,12,16H,4-8,10-11H2,1-3H3. The second-order valence-electron chi connectivity index (χ2n) is 6.33. The number of nitrogens with one attached hydrogen (secondary N) is 1.